The summed E-state index contributed by atoms with van der Waals surface area (Å²) >= 11 is 4.11. The lowest BCUT2D eigenvalue weighted by Gasteiger charge is -2.58. The van der Waals surface area contributed by atoms with Gasteiger partial charge in [-0.25, -0.2) is 0 Å². The van der Waals surface area contributed by atoms with Crippen LogP contribution in [-0.4, -0.2) is 63.8 Å². The molecule has 42 heavy (non-hydrogen) atoms. The maximum Gasteiger partial charge on any atom is 0.305 e. The molecule has 4 aliphatic carbocycles. The standard InChI is InChI=1S/C32H47N3O6S/c1-6-32(40)14-11-25-23-8-7-20-15-21(9-12-30(20,4)24(23)10-13-31(25,32)5)35-41-17-26(36)34-28(19(2)3)29(39)33-22(18-42)16-27(37)38/h1,15,19,22-25,28,40,42H,7-14,16-18H2,2-5H3,(H,33,39)(H,34,36)(H,37,38)/b35-21+/t22-,23-,24-,25-,28+,30+,31+,32-/m1/s1. The van der Waals surface area contributed by atoms with Gasteiger partial charge in [0.15, 0.2) is 6.61 Å². The summed E-state index contributed by atoms with van der Waals surface area (Å²) < 4.78 is 0. The third kappa shape index (κ3) is 6.10. The average Bonchev–Trinajstić information content (AvgIpc) is 3.21. The van der Waals surface area contributed by atoms with Crippen LogP contribution in [0.1, 0.15) is 85.5 Å². The van der Waals surface area contributed by atoms with E-state index in [0.717, 1.165) is 50.7 Å². The van der Waals surface area contributed by atoms with Gasteiger partial charge in [0.2, 0.25) is 5.91 Å². The molecular formula is C32H47N3O6S. The molecule has 0 unspecified atom stereocenters. The summed E-state index contributed by atoms with van der Waals surface area (Å²) in [5.74, 6) is 2.30. The van der Waals surface area contributed by atoms with Gasteiger partial charge in [-0.3, -0.25) is 14.4 Å². The molecule has 0 bridgehead atoms. The van der Waals surface area contributed by atoms with Crippen molar-refractivity contribution < 1.29 is 29.4 Å². The van der Waals surface area contributed by atoms with Crippen molar-refractivity contribution in [2.24, 2.45) is 39.7 Å². The molecular weight excluding hydrogens is 554 g/mol. The summed E-state index contributed by atoms with van der Waals surface area (Å²) in [5.41, 5.74) is 1.09. The number of hydrogen-bond donors (Lipinski definition) is 5. The molecule has 9 nitrogen and oxygen atoms in total. The van der Waals surface area contributed by atoms with Gasteiger partial charge in [0.25, 0.3) is 5.91 Å². The van der Waals surface area contributed by atoms with Crippen molar-refractivity contribution in [1.82, 2.24) is 10.6 Å². The molecule has 232 valence electrons. The van der Waals surface area contributed by atoms with E-state index in [2.05, 4.69) is 54.3 Å². The first-order chi connectivity index (χ1) is 19.8. The summed E-state index contributed by atoms with van der Waals surface area (Å²) in [6.45, 7) is 7.87. The smallest absolute Gasteiger partial charge is 0.305 e. The third-order valence-electron chi connectivity index (χ3n) is 11.0. The minimum Gasteiger partial charge on any atom is -0.481 e. The number of carbonyl (C=O) groups excluding carboxylic acids is 2. The van der Waals surface area contributed by atoms with Crippen LogP contribution < -0.4 is 10.6 Å². The summed E-state index contributed by atoms with van der Waals surface area (Å²) in [4.78, 5) is 41.8. The van der Waals surface area contributed by atoms with Crippen LogP contribution in [0.25, 0.3) is 0 Å². The van der Waals surface area contributed by atoms with Gasteiger partial charge in [-0.15, -0.1) is 6.42 Å². The molecule has 0 spiro atoms. The number of hydrogen-bond acceptors (Lipinski definition) is 7. The summed E-state index contributed by atoms with van der Waals surface area (Å²) in [6.07, 6.45) is 15.2. The number of terminal acetylenes is 1. The monoisotopic (exact) mass is 601 g/mol. The Kier molecular flexibility index (Phi) is 9.73. The number of carboxylic acids is 1. The van der Waals surface area contributed by atoms with Gasteiger partial charge in [-0.1, -0.05) is 44.3 Å². The fourth-order valence-corrected chi connectivity index (χ4v) is 8.70. The molecule has 4 N–H and O–H groups in total. The summed E-state index contributed by atoms with van der Waals surface area (Å²) in [6, 6.07) is -1.48. The van der Waals surface area contributed by atoms with E-state index in [1.165, 1.54) is 5.57 Å². The second-order valence-corrected chi connectivity index (χ2v) is 14.0. The van der Waals surface area contributed by atoms with Gasteiger partial charge in [0, 0.05) is 17.2 Å². The highest BCUT2D eigenvalue weighted by atomic mass is 32.1. The van der Waals surface area contributed by atoms with Gasteiger partial charge in [0.05, 0.1) is 12.1 Å². The molecule has 10 heteroatoms. The van der Waals surface area contributed by atoms with E-state index < -0.39 is 35.5 Å². The van der Waals surface area contributed by atoms with E-state index in [1.807, 2.05) is 0 Å². The third-order valence-corrected chi connectivity index (χ3v) is 11.4. The van der Waals surface area contributed by atoms with Crippen molar-refractivity contribution in [2.75, 3.05) is 12.4 Å². The number of amides is 2. The normalized spacial score (nSPS) is 36.0. The number of nitrogens with zero attached hydrogens (tertiary/aromatic N) is 1. The first-order valence-electron chi connectivity index (χ1n) is 15.3. The largest absolute Gasteiger partial charge is 0.481 e. The van der Waals surface area contributed by atoms with E-state index in [4.69, 9.17) is 16.4 Å². The molecule has 2 amide bonds. The molecule has 0 saturated heterocycles. The number of nitrogens with one attached hydrogen (secondary N) is 2. The van der Waals surface area contributed by atoms with Crippen molar-refractivity contribution in [1.29, 1.82) is 0 Å². The summed E-state index contributed by atoms with van der Waals surface area (Å²) in [7, 11) is 0. The molecule has 3 fully saturated rings. The van der Waals surface area contributed by atoms with Gasteiger partial charge in [-0.2, -0.15) is 12.6 Å². The number of aliphatic hydroxyl groups is 1. The lowest BCUT2D eigenvalue weighted by molar-refractivity contribution is -0.138. The molecule has 0 aromatic heterocycles. The fourth-order valence-electron chi connectivity index (χ4n) is 8.48. The highest BCUT2D eigenvalue weighted by molar-refractivity contribution is 7.80. The maximum absolute atomic E-state index is 12.7. The van der Waals surface area contributed by atoms with Crippen LogP contribution in [0.4, 0.5) is 0 Å². The van der Waals surface area contributed by atoms with Gasteiger partial charge in [0.1, 0.15) is 11.6 Å². The van der Waals surface area contributed by atoms with Crippen molar-refractivity contribution in [3.05, 3.63) is 11.6 Å². The zero-order chi connectivity index (χ0) is 30.9. The fraction of sp³-hybridized carbons (Fsp3) is 0.750. The first kappa shape index (κ1) is 32.4. The van der Waals surface area contributed by atoms with Crippen molar-refractivity contribution in [3.8, 4) is 12.3 Å². The van der Waals surface area contributed by atoms with Crippen molar-refractivity contribution in [3.63, 3.8) is 0 Å². The van der Waals surface area contributed by atoms with Gasteiger partial charge >= 0.3 is 5.97 Å². The number of oxime groups is 1. The van der Waals surface area contributed by atoms with Crippen LogP contribution in [0.5, 0.6) is 0 Å². The number of allylic oxidation sites excluding steroid dienone is 2. The SMILES string of the molecule is C#C[C@@]1(O)CC[C@@H]2[C@@H]3CCC4=C/C(=N/OCC(=O)N[C@H](C(=O)N[C@@H](CS)CC(=O)O)C(C)C)CC[C@]4(C)[C@@H]3CC[C@@]21C. The van der Waals surface area contributed by atoms with E-state index in [0.29, 0.717) is 24.2 Å². The Labute approximate surface area is 255 Å². The Bertz CT molecular complexity index is 1180. The van der Waals surface area contributed by atoms with Crippen LogP contribution in [0.15, 0.2) is 16.8 Å². The van der Waals surface area contributed by atoms with E-state index in [9.17, 15) is 19.5 Å². The van der Waals surface area contributed by atoms with Crippen LogP contribution >= 0.6 is 12.6 Å². The molecule has 4 rings (SSSR count). The maximum atomic E-state index is 12.7. The minimum atomic E-state index is -1.04. The van der Waals surface area contributed by atoms with Crippen molar-refractivity contribution >= 4 is 36.1 Å². The quantitative estimate of drug-likeness (QED) is 0.147. The molecule has 8 atom stereocenters. The Morgan fingerprint density at radius 3 is 2.50 bits per heavy atom. The minimum absolute atomic E-state index is 0.0842. The van der Waals surface area contributed by atoms with Crippen LogP contribution in [-0.2, 0) is 19.2 Å². The van der Waals surface area contributed by atoms with Crippen LogP contribution in [0, 0.1) is 46.8 Å². The number of thiol groups is 1. The van der Waals surface area contributed by atoms with E-state index in [-0.39, 0.29) is 35.5 Å². The second kappa shape index (κ2) is 12.6. The number of carbonyl (C=O) groups is 3. The Balaban J connectivity index is 1.35. The summed E-state index contributed by atoms with van der Waals surface area (Å²) in [5, 5.41) is 29.9. The molecule has 4 aliphatic rings. The highest BCUT2D eigenvalue weighted by Gasteiger charge is 2.63. The number of aliphatic carboxylic acids is 1. The zero-order valence-corrected chi connectivity index (χ0v) is 26.2. The Morgan fingerprint density at radius 2 is 1.86 bits per heavy atom. The Morgan fingerprint density at radius 1 is 1.14 bits per heavy atom. The number of fused-ring (bicyclic) bond motifs is 5. The number of carboxylic acid groups (broad SMARTS) is 1. The average molecular weight is 602 g/mol. The van der Waals surface area contributed by atoms with Gasteiger partial charge in [-0.05, 0) is 86.5 Å². The van der Waals surface area contributed by atoms with Crippen LogP contribution in [0.3, 0.4) is 0 Å². The lowest BCUT2D eigenvalue weighted by atomic mass is 9.46. The molecule has 0 heterocycles. The predicted octanol–water partition coefficient (Wildman–Crippen LogP) is 3.72. The molecule has 0 aliphatic heterocycles. The molecule has 3 saturated carbocycles. The van der Waals surface area contributed by atoms with E-state index >= 15 is 0 Å². The van der Waals surface area contributed by atoms with Crippen LogP contribution in [0.2, 0.25) is 0 Å². The molecule has 0 aromatic rings. The lowest BCUT2D eigenvalue weighted by Crippen LogP contribution is -2.54. The van der Waals surface area contributed by atoms with Crippen molar-refractivity contribution in [2.45, 2.75) is 103 Å². The zero-order valence-electron chi connectivity index (χ0n) is 25.3. The predicted molar refractivity (Wildman–Crippen MR) is 164 cm³/mol. The van der Waals surface area contributed by atoms with E-state index in [1.54, 1.807) is 13.8 Å². The van der Waals surface area contributed by atoms with Gasteiger partial charge < -0.3 is 25.7 Å². The number of rotatable bonds is 10. The highest BCUT2D eigenvalue weighted by Crippen LogP contribution is 2.67. The second-order valence-electron chi connectivity index (χ2n) is 13.6. The Hall–Kier alpha value is -2.51. The molecule has 0 aromatic carbocycles. The topological polar surface area (TPSA) is 137 Å². The molecule has 0 radical (unpaired) electrons. The first-order valence-corrected chi connectivity index (χ1v) is 15.9.